The van der Waals surface area contributed by atoms with Crippen molar-refractivity contribution in [1.82, 2.24) is 4.98 Å². The quantitative estimate of drug-likeness (QED) is 0.738. The van der Waals surface area contributed by atoms with Gasteiger partial charge in [-0.15, -0.1) is 0 Å². The Kier molecular flexibility index (Phi) is 5.94. The monoisotopic (exact) mass is 398 g/mol. The molecule has 1 aromatic heterocycles. The highest BCUT2D eigenvalue weighted by atomic mass is 35.5. The molecule has 5 nitrogen and oxygen atoms in total. The van der Waals surface area contributed by atoms with Gasteiger partial charge in [0.15, 0.2) is 0 Å². The molecule has 0 aliphatic heterocycles. The molecule has 0 amide bonds. The number of carboxylic acids is 1. The summed E-state index contributed by atoms with van der Waals surface area (Å²) in [5, 5.41) is 8.96. The second-order valence-corrected chi connectivity index (χ2v) is 9.95. The minimum absolute atomic E-state index is 0.0532. The first kappa shape index (κ1) is 20.6. The summed E-state index contributed by atoms with van der Waals surface area (Å²) in [5.41, 5.74) is -0.893. The third-order valence-corrected chi connectivity index (χ3v) is 5.16. The van der Waals surface area contributed by atoms with Crippen LogP contribution in [0.3, 0.4) is 0 Å². The van der Waals surface area contributed by atoms with Gasteiger partial charge in [0.2, 0.25) is 14.5 Å². The van der Waals surface area contributed by atoms with Crippen molar-refractivity contribution < 1.29 is 18.7 Å². The molecule has 26 heavy (non-hydrogen) atoms. The van der Waals surface area contributed by atoms with Crippen molar-refractivity contribution in [3.05, 3.63) is 44.5 Å². The number of carbonyl (C=O) groups is 1. The molecule has 0 aliphatic carbocycles. The van der Waals surface area contributed by atoms with Crippen LogP contribution in [0.15, 0.2) is 17.1 Å². The fourth-order valence-electron chi connectivity index (χ4n) is 2.72. The number of carboxylic acid groups (broad SMARTS) is 1. The van der Waals surface area contributed by atoms with Gasteiger partial charge in [0.05, 0.1) is 16.6 Å². The average molecular weight is 399 g/mol. The third kappa shape index (κ3) is 4.16. The summed E-state index contributed by atoms with van der Waals surface area (Å²) in [4.78, 5) is 26.4. The van der Waals surface area contributed by atoms with E-state index in [1.54, 1.807) is 0 Å². The number of rotatable bonds is 5. The zero-order valence-corrected chi connectivity index (χ0v) is 17.1. The zero-order valence-electron chi connectivity index (χ0n) is 15.4. The van der Waals surface area contributed by atoms with E-state index in [4.69, 9.17) is 21.1 Å². The standard InChI is InChI=1S/C18H22ClFNO4Si/c1-18(2,3)13(25-26(4)5)7-9-14(20)12(19)6-10-15(9)21-8-11(16(10)22)17(23)24/h6,8,13H,7H2,1-5H3,(H,21,22)(H,23,24). The molecule has 0 aliphatic rings. The molecule has 0 spiro atoms. The Balaban J connectivity index is 2.69. The Labute approximate surface area is 157 Å². The van der Waals surface area contributed by atoms with Crippen LogP contribution in [0.4, 0.5) is 4.39 Å². The Morgan fingerprint density at radius 1 is 1.42 bits per heavy atom. The Morgan fingerprint density at radius 3 is 2.54 bits per heavy atom. The molecule has 0 fully saturated rings. The van der Waals surface area contributed by atoms with E-state index in [1.165, 1.54) is 6.07 Å². The number of nitrogens with one attached hydrogen (secondary N) is 1. The van der Waals surface area contributed by atoms with E-state index < -0.39 is 31.8 Å². The number of halogens is 2. The molecule has 1 heterocycles. The van der Waals surface area contributed by atoms with Gasteiger partial charge in [-0.05, 0) is 24.6 Å². The van der Waals surface area contributed by atoms with E-state index in [-0.39, 0.29) is 39.4 Å². The van der Waals surface area contributed by atoms with Gasteiger partial charge in [-0.25, -0.2) is 9.18 Å². The van der Waals surface area contributed by atoms with Gasteiger partial charge < -0.3 is 14.5 Å². The van der Waals surface area contributed by atoms with Crippen molar-refractivity contribution in [2.24, 2.45) is 5.41 Å². The van der Waals surface area contributed by atoms with Crippen molar-refractivity contribution in [2.45, 2.75) is 46.4 Å². The summed E-state index contributed by atoms with van der Waals surface area (Å²) >= 11 is 5.99. The maximum absolute atomic E-state index is 14.8. The number of H-pyrrole nitrogens is 1. The van der Waals surface area contributed by atoms with Crippen molar-refractivity contribution in [3.63, 3.8) is 0 Å². The zero-order chi connectivity index (χ0) is 19.8. The van der Waals surface area contributed by atoms with Gasteiger partial charge in [-0.2, -0.15) is 0 Å². The number of benzene rings is 1. The fourth-order valence-corrected chi connectivity index (χ4v) is 3.95. The van der Waals surface area contributed by atoms with Gasteiger partial charge in [-0.1, -0.05) is 32.4 Å². The molecule has 2 rings (SSSR count). The first-order valence-corrected chi connectivity index (χ1v) is 10.9. The second-order valence-electron chi connectivity index (χ2n) is 7.50. The van der Waals surface area contributed by atoms with Crippen LogP contribution in [0.2, 0.25) is 18.1 Å². The predicted molar refractivity (Wildman–Crippen MR) is 102 cm³/mol. The van der Waals surface area contributed by atoms with Crippen LogP contribution in [0, 0.1) is 11.2 Å². The summed E-state index contributed by atoms with van der Waals surface area (Å²) < 4.78 is 20.9. The highest BCUT2D eigenvalue weighted by molar-refractivity contribution is 6.48. The minimum Gasteiger partial charge on any atom is -0.477 e. The Hall–Kier alpha value is -1.70. The molecule has 1 radical (unpaired) electrons. The van der Waals surface area contributed by atoms with Crippen LogP contribution in [-0.4, -0.2) is 31.2 Å². The van der Waals surface area contributed by atoms with Crippen molar-refractivity contribution >= 4 is 37.5 Å². The summed E-state index contributed by atoms with van der Waals surface area (Å²) in [5.74, 6) is -1.98. The van der Waals surface area contributed by atoms with Crippen molar-refractivity contribution in [3.8, 4) is 0 Å². The van der Waals surface area contributed by atoms with E-state index >= 15 is 0 Å². The van der Waals surface area contributed by atoms with Crippen molar-refractivity contribution in [1.29, 1.82) is 0 Å². The largest absolute Gasteiger partial charge is 0.477 e. The number of hydrogen-bond donors (Lipinski definition) is 2. The smallest absolute Gasteiger partial charge is 0.341 e. The van der Waals surface area contributed by atoms with Crippen LogP contribution >= 0.6 is 11.6 Å². The topological polar surface area (TPSA) is 79.4 Å². The molecule has 2 N–H and O–H groups in total. The van der Waals surface area contributed by atoms with Gasteiger partial charge >= 0.3 is 5.97 Å². The van der Waals surface area contributed by atoms with Gasteiger partial charge in [0, 0.05) is 23.6 Å². The van der Waals surface area contributed by atoms with E-state index in [9.17, 15) is 14.0 Å². The number of fused-ring (bicyclic) bond motifs is 1. The lowest BCUT2D eigenvalue weighted by atomic mass is 9.85. The Morgan fingerprint density at radius 2 is 2.04 bits per heavy atom. The molecule has 0 saturated heterocycles. The lowest BCUT2D eigenvalue weighted by Gasteiger charge is -2.33. The summed E-state index contributed by atoms with van der Waals surface area (Å²) in [6.07, 6.45) is 1.01. The maximum Gasteiger partial charge on any atom is 0.341 e. The lowest BCUT2D eigenvalue weighted by Crippen LogP contribution is -2.35. The number of aromatic amines is 1. The molecule has 1 aromatic carbocycles. The number of hydrogen-bond acceptors (Lipinski definition) is 3. The molecule has 8 heteroatoms. The van der Waals surface area contributed by atoms with Crippen LogP contribution in [0.1, 0.15) is 36.7 Å². The number of aromatic carboxylic acids is 1. The van der Waals surface area contributed by atoms with Crippen molar-refractivity contribution in [2.75, 3.05) is 0 Å². The summed E-state index contributed by atoms with van der Waals surface area (Å²) in [6, 6.07) is 1.17. The second kappa shape index (κ2) is 7.50. The molecule has 1 atom stereocenters. The molecular formula is C18H22ClFNO4Si. The first-order chi connectivity index (χ1) is 11.9. The molecule has 141 valence electrons. The van der Waals surface area contributed by atoms with E-state index in [1.807, 2.05) is 33.9 Å². The molecule has 1 unspecified atom stereocenters. The van der Waals surface area contributed by atoms with Gasteiger partial charge in [0.1, 0.15) is 11.4 Å². The molecule has 0 bridgehead atoms. The lowest BCUT2D eigenvalue weighted by molar-refractivity contribution is 0.0695. The third-order valence-electron chi connectivity index (χ3n) is 4.13. The van der Waals surface area contributed by atoms with Crippen LogP contribution < -0.4 is 5.43 Å². The number of pyridine rings is 1. The minimum atomic E-state index is -1.35. The maximum atomic E-state index is 14.8. The van der Waals surface area contributed by atoms with Gasteiger partial charge in [0.25, 0.3) is 0 Å². The normalized spacial score (nSPS) is 13.4. The van der Waals surface area contributed by atoms with E-state index in [0.717, 1.165) is 6.20 Å². The van der Waals surface area contributed by atoms with Crippen LogP contribution in [0.5, 0.6) is 0 Å². The number of aromatic nitrogens is 1. The van der Waals surface area contributed by atoms with Crippen LogP contribution in [0.25, 0.3) is 10.9 Å². The highest BCUT2D eigenvalue weighted by Gasteiger charge is 2.29. The fraction of sp³-hybridized carbons (Fsp3) is 0.444. The SMILES string of the molecule is C[Si](C)OC(Cc1c(F)c(Cl)cc2c(=O)c(C(=O)O)c[nH]c12)C(C)(C)C. The summed E-state index contributed by atoms with van der Waals surface area (Å²) in [6.45, 7) is 9.99. The van der Waals surface area contributed by atoms with Gasteiger partial charge in [-0.3, -0.25) is 4.79 Å². The molecule has 2 aromatic rings. The summed E-state index contributed by atoms with van der Waals surface area (Å²) in [7, 11) is -1.04. The average Bonchev–Trinajstić information content (AvgIpc) is 2.50. The molecule has 0 saturated carbocycles. The Bertz CT molecular complexity index is 905. The van der Waals surface area contributed by atoms with E-state index in [0.29, 0.717) is 0 Å². The highest BCUT2D eigenvalue weighted by Crippen LogP contribution is 2.32. The first-order valence-electron chi connectivity index (χ1n) is 8.15. The van der Waals surface area contributed by atoms with E-state index in [2.05, 4.69) is 4.98 Å². The van der Waals surface area contributed by atoms with Crippen LogP contribution in [-0.2, 0) is 10.8 Å². The predicted octanol–water partition coefficient (Wildman–Crippen LogP) is 4.24. The molecular weight excluding hydrogens is 377 g/mol.